The summed E-state index contributed by atoms with van der Waals surface area (Å²) in [6.07, 6.45) is 2.86. The van der Waals surface area contributed by atoms with Gasteiger partial charge in [0, 0.05) is 32.5 Å². The lowest BCUT2D eigenvalue weighted by atomic mass is 9.86. The molecule has 2 aromatic carbocycles. The molecule has 52 heavy (non-hydrogen) atoms. The first-order valence-electron chi connectivity index (χ1n) is 18.5. The van der Waals surface area contributed by atoms with Gasteiger partial charge in [-0.25, -0.2) is 0 Å². The van der Waals surface area contributed by atoms with Crippen molar-refractivity contribution in [1.29, 1.82) is 0 Å². The number of nitrogens with one attached hydrogen (secondary N) is 2. The fraction of sp³-hybridized carbons (Fsp3) is 0.575. The molecule has 2 aliphatic heterocycles. The van der Waals surface area contributed by atoms with Crippen molar-refractivity contribution in [3.8, 4) is 0 Å². The molecule has 0 radical (unpaired) electrons. The average Bonchev–Trinajstić information content (AvgIpc) is 3.07. The molecule has 2 aromatic rings. The van der Waals surface area contributed by atoms with E-state index in [9.17, 15) is 24.0 Å². The van der Waals surface area contributed by atoms with Gasteiger partial charge in [-0.05, 0) is 65.2 Å². The predicted molar refractivity (Wildman–Crippen MR) is 201 cm³/mol. The van der Waals surface area contributed by atoms with Crippen molar-refractivity contribution >= 4 is 29.5 Å². The number of fused-ring (bicyclic) bond motifs is 2. The van der Waals surface area contributed by atoms with Crippen molar-refractivity contribution in [3.05, 3.63) is 70.8 Å². The van der Waals surface area contributed by atoms with E-state index in [-0.39, 0.29) is 41.5 Å². The van der Waals surface area contributed by atoms with Gasteiger partial charge in [0.1, 0.15) is 18.1 Å². The molecule has 2 heterocycles. The Kier molecular flexibility index (Phi) is 13.3. The molecule has 0 saturated carbocycles. The number of primary amides is 1. The average molecular weight is 718 g/mol. The van der Waals surface area contributed by atoms with Crippen LogP contribution in [0.1, 0.15) is 95.9 Å². The Morgan fingerprint density at radius 1 is 0.692 bits per heavy atom. The minimum Gasteiger partial charge on any atom is -0.368 e. The molecule has 2 aliphatic rings. The van der Waals surface area contributed by atoms with Crippen LogP contribution in [0, 0.1) is 10.8 Å². The smallest absolute Gasteiger partial charge is 0.243 e. The number of carbonyl (C=O) groups excluding carboxylic acids is 5. The van der Waals surface area contributed by atoms with Crippen molar-refractivity contribution in [2.45, 2.75) is 130 Å². The lowest BCUT2D eigenvalue weighted by Crippen LogP contribution is -2.59. The Morgan fingerprint density at radius 2 is 1.12 bits per heavy atom. The largest absolute Gasteiger partial charge is 0.368 e. The molecule has 5 amide bonds. The van der Waals surface area contributed by atoms with E-state index in [2.05, 4.69) is 10.6 Å². The molecule has 5 atom stereocenters. The van der Waals surface area contributed by atoms with E-state index >= 15 is 0 Å². The van der Waals surface area contributed by atoms with Crippen LogP contribution in [0.4, 0.5) is 0 Å². The molecule has 4 rings (SSSR count). The number of nitrogens with two attached hydrogens (primary N) is 3. The summed E-state index contributed by atoms with van der Waals surface area (Å²) in [7, 11) is 0. The maximum Gasteiger partial charge on any atom is 0.243 e. The molecule has 284 valence electrons. The number of carbonyl (C=O) groups is 5. The fourth-order valence-electron chi connectivity index (χ4n) is 7.25. The highest BCUT2D eigenvalue weighted by molar-refractivity contribution is 5.93. The maximum absolute atomic E-state index is 13.7. The third-order valence-corrected chi connectivity index (χ3v) is 9.85. The minimum atomic E-state index is -0.965. The van der Waals surface area contributed by atoms with E-state index in [1.807, 2.05) is 90.1 Å². The minimum absolute atomic E-state index is 0.152. The van der Waals surface area contributed by atoms with Gasteiger partial charge >= 0.3 is 0 Å². The molecule has 8 N–H and O–H groups in total. The van der Waals surface area contributed by atoms with Gasteiger partial charge in [0.25, 0.3) is 0 Å². The van der Waals surface area contributed by atoms with E-state index in [4.69, 9.17) is 17.2 Å². The van der Waals surface area contributed by atoms with Crippen molar-refractivity contribution < 1.29 is 24.0 Å². The van der Waals surface area contributed by atoms with E-state index < -0.39 is 42.0 Å². The van der Waals surface area contributed by atoms with Crippen molar-refractivity contribution in [2.75, 3.05) is 6.54 Å². The molecule has 0 spiro atoms. The van der Waals surface area contributed by atoms with Gasteiger partial charge in [-0.3, -0.25) is 24.0 Å². The van der Waals surface area contributed by atoms with Crippen LogP contribution in [-0.4, -0.2) is 76.1 Å². The zero-order valence-electron chi connectivity index (χ0n) is 31.7. The van der Waals surface area contributed by atoms with Crippen molar-refractivity contribution in [3.63, 3.8) is 0 Å². The molecule has 0 saturated heterocycles. The van der Waals surface area contributed by atoms with Gasteiger partial charge in [0.15, 0.2) is 0 Å². The normalized spacial score (nSPS) is 19.1. The lowest BCUT2D eigenvalue weighted by Gasteiger charge is -2.38. The van der Waals surface area contributed by atoms with E-state index in [0.29, 0.717) is 51.6 Å². The monoisotopic (exact) mass is 717 g/mol. The zero-order valence-corrected chi connectivity index (χ0v) is 31.7. The number of hydrogen-bond acceptors (Lipinski definition) is 7. The zero-order chi connectivity index (χ0) is 38.4. The van der Waals surface area contributed by atoms with Crippen LogP contribution >= 0.6 is 0 Å². The highest BCUT2D eigenvalue weighted by Gasteiger charge is 2.39. The summed E-state index contributed by atoms with van der Waals surface area (Å²) in [6.45, 7) is 13.0. The molecule has 0 bridgehead atoms. The molecule has 0 aromatic heterocycles. The third-order valence-electron chi connectivity index (χ3n) is 9.85. The lowest BCUT2D eigenvalue weighted by molar-refractivity contribution is -0.144. The van der Waals surface area contributed by atoms with Crippen LogP contribution in [0.3, 0.4) is 0 Å². The molecule has 0 unspecified atom stereocenters. The summed E-state index contributed by atoms with van der Waals surface area (Å²) in [5.74, 6) is -1.97. The van der Waals surface area contributed by atoms with Gasteiger partial charge in [-0.2, -0.15) is 0 Å². The van der Waals surface area contributed by atoms with Crippen molar-refractivity contribution in [1.82, 2.24) is 20.4 Å². The van der Waals surface area contributed by atoms with E-state index in [0.717, 1.165) is 22.3 Å². The first-order chi connectivity index (χ1) is 24.3. The molecule has 0 fully saturated rings. The summed E-state index contributed by atoms with van der Waals surface area (Å²) < 4.78 is 0. The third kappa shape index (κ3) is 10.9. The second-order valence-corrected chi connectivity index (χ2v) is 16.9. The SMILES string of the molecule is CC(C)(C)C[C@H](N)C(=O)N1Cc2ccccc2C[C@H]1C(=O)NCCCC[C@H](NC(=O)[C@@H]1Cc2ccccc2CN1C(=O)[C@@H](N)CC(C)(C)C)C(N)=O. The van der Waals surface area contributed by atoms with Gasteiger partial charge in [0.05, 0.1) is 12.1 Å². The van der Waals surface area contributed by atoms with Crippen molar-refractivity contribution in [2.24, 2.45) is 28.0 Å². The molecular weight excluding hydrogens is 658 g/mol. The molecule has 0 aliphatic carbocycles. The first kappa shape index (κ1) is 40.5. The maximum atomic E-state index is 13.7. The quantitative estimate of drug-likeness (QED) is 0.197. The second-order valence-electron chi connectivity index (χ2n) is 16.9. The predicted octanol–water partition coefficient (Wildman–Crippen LogP) is 2.68. The van der Waals surface area contributed by atoms with E-state index in [1.165, 1.54) is 4.90 Å². The van der Waals surface area contributed by atoms with Crippen LogP contribution in [0.5, 0.6) is 0 Å². The number of unbranched alkanes of at least 4 members (excludes halogenated alkanes) is 1. The Bertz CT molecular complexity index is 1610. The Balaban J connectivity index is 1.35. The Labute approximate surface area is 308 Å². The summed E-state index contributed by atoms with van der Waals surface area (Å²) >= 11 is 0. The number of nitrogens with zero attached hydrogens (tertiary/aromatic N) is 2. The number of rotatable bonds is 13. The molecule has 12 nitrogen and oxygen atoms in total. The molecule has 12 heteroatoms. The van der Waals surface area contributed by atoms with Crippen LogP contribution in [-0.2, 0) is 49.9 Å². The van der Waals surface area contributed by atoms with Gasteiger partial charge in [0.2, 0.25) is 29.5 Å². The summed E-state index contributed by atoms with van der Waals surface area (Å²) in [5, 5.41) is 5.77. The molecular formula is C40H59N7O5. The number of hydrogen-bond donors (Lipinski definition) is 5. The number of benzene rings is 2. The topological polar surface area (TPSA) is 194 Å². The van der Waals surface area contributed by atoms with Gasteiger partial charge < -0.3 is 37.6 Å². The van der Waals surface area contributed by atoms with Crippen LogP contribution in [0.25, 0.3) is 0 Å². The van der Waals surface area contributed by atoms with Crippen LogP contribution in [0.2, 0.25) is 0 Å². The van der Waals surface area contributed by atoms with Gasteiger partial charge in [-0.15, -0.1) is 0 Å². The first-order valence-corrected chi connectivity index (χ1v) is 18.5. The Hall–Kier alpha value is -4.29. The van der Waals surface area contributed by atoms with E-state index in [1.54, 1.807) is 4.90 Å². The summed E-state index contributed by atoms with van der Waals surface area (Å²) in [4.78, 5) is 70.1. The standard InChI is InChI=1S/C40H59N7O5/c1-39(2,3)21-29(41)37(51)46-23-27-15-9-7-13-25(27)19-32(46)35(49)44-18-12-11-17-31(34(43)48)45-36(50)33-20-26-14-8-10-16-28(26)24-47(33)38(52)30(42)22-40(4,5)6/h7-10,13-16,29-33H,11-12,17-24,41-42H2,1-6H3,(H2,43,48)(H,44,49)(H,45,50)/t29-,30-,31-,32-,33-/m0/s1. The highest BCUT2D eigenvalue weighted by Crippen LogP contribution is 2.28. The summed E-state index contributed by atoms with van der Waals surface area (Å²) in [5.41, 5.74) is 22.0. The van der Waals surface area contributed by atoms with Crippen LogP contribution in [0.15, 0.2) is 48.5 Å². The number of amides is 5. The highest BCUT2D eigenvalue weighted by atomic mass is 16.2. The Morgan fingerprint density at radius 3 is 1.54 bits per heavy atom. The van der Waals surface area contributed by atoms with Crippen LogP contribution < -0.4 is 27.8 Å². The summed E-state index contributed by atoms with van der Waals surface area (Å²) in [6, 6.07) is 11.4. The fourth-order valence-corrected chi connectivity index (χ4v) is 7.25. The van der Waals surface area contributed by atoms with Gasteiger partial charge in [-0.1, -0.05) is 90.1 Å². The second kappa shape index (κ2) is 17.0.